The van der Waals surface area contributed by atoms with E-state index in [2.05, 4.69) is 10.6 Å². The molecule has 6 heteroatoms. The van der Waals surface area contributed by atoms with Crippen molar-refractivity contribution in [1.29, 1.82) is 0 Å². The predicted molar refractivity (Wildman–Crippen MR) is 102 cm³/mol. The van der Waals surface area contributed by atoms with Gasteiger partial charge in [-0.1, -0.05) is 20.8 Å². The molecule has 0 radical (unpaired) electrons. The first-order valence-corrected chi connectivity index (χ1v) is 9.94. The Morgan fingerprint density at radius 1 is 1.24 bits per heavy atom. The summed E-state index contributed by atoms with van der Waals surface area (Å²) >= 11 is 1.39. The van der Waals surface area contributed by atoms with Crippen LogP contribution in [0, 0.1) is 17.8 Å². The average molecular weight is 364 g/mol. The van der Waals surface area contributed by atoms with Crippen LogP contribution in [0.5, 0.6) is 0 Å². The van der Waals surface area contributed by atoms with E-state index in [9.17, 15) is 9.59 Å². The van der Waals surface area contributed by atoms with E-state index in [0.717, 1.165) is 54.5 Å². The molecule has 3 rings (SSSR count). The van der Waals surface area contributed by atoms with E-state index < -0.39 is 5.41 Å². The van der Waals surface area contributed by atoms with E-state index in [0.29, 0.717) is 5.41 Å². The Kier molecular flexibility index (Phi) is 4.95. The quantitative estimate of drug-likeness (QED) is 0.848. The third kappa shape index (κ3) is 3.90. The summed E-state index contributed by atoms with van der Waals surface area (Å²) in [6.07, 6.45) is 3.41. The summed E-state index contributed by atoms with van der Waals surface area (Å²) in [5.41, 5.74) is 0.910. The Labute approximate surface area is 154 Å². The lowest BCUT2D eigenvalue weighted by molar-refractivity contribution is -0.123. The van der Waals surface area contributed by atoms with Gasteiger partial charge in [-0.05, 0) is 49.8 Å². The monoisotopic (exact) mass is 363 g/mol. The summed E-state index contributed by atoms with van der Waals surface area (Å²) < 4.78 is 0. The first kappa shape index (κ1) is 18.4. The Hall–Kier alpha value is -1.40. The van der Waals surface area contributed by atoms with Crippen LogP contribution in [0.2, 0.25) is 0 Å². The van der Waals surface area contributed by atoms with E-state index >= 15 is 0 Å². The Morgan fingerprint density at radius 2 is 1.92 bits per heavy atom. The highest BCUT2D eigenvalue weighted by molar-refractivity contribution is 7.18. The van der Waals surface area contributed by atoms with Gasteiger partial charge in [-0.25, -0.2) is 0 Å². The maximum Gasteiger partial charge on any atom is 0.264 e. The van der Waals surface area contributed by atoms with Crippen LogP contribution in [-0.2, 0) is 4.79 Å². The van der Waals surface area contributed by atoms with Gasteiger partial charge in [0.05, 0.1) is 9.88 Å². The maximum atomic E-state index is 12.9. The van der Waals surface area contributed by atoms with Crippen LogP contribution in [0.3, 0.4) is 0 Å². The summed E-state index contributed by atoms with van der Waals surface area (Å²) in [7, 11) is 0. The van der Waals surface area contributed by atoms with E-state index in [1.54, 1.807) is 0 Å². The summed E-state index contributed by atoms with van der Waals surface area (Å²) in [6, 6.07) is 1.91. The van der Waals surface area contributed by atoms with Gasteiger partial charge in [0, 0.05) is 25.0 Å². The number of thiophene rings is 1. The van der Waals surface area contributed by atoms with Crippen LogP contribution in [0.25, 0.3) is 0 Å². The number of piperidine rings is 1. The molecular formula is C19H29N3O2S. The molecule has 3 heterocycles. The highest BCUT2D eigenvalue weighted by Gasteiger charge is 2.38. The Bertz CT molecular complexity index is 659. The molecule has 0 aliphatic carbocycles. The van der Waals surface area contributed by atoms with E-state index in [1.165, 1.54) is 17.8 Å². The van der Waals surface area contributed by atoms with Crippen molar-refractivity contribution in [3.8, 4) is 0 Å². The van der Waals surface area contributed by atoms with Crippen molar-refractivity contribution in [2.45, 2.75) is 47.0 Å². The zero-order valence-electron chi connectivity index (χ0n) is 15.7. The SMILES string of the molecule is Cc1cc(NC(=O)C(C)(C)C)sc1C(=O)N1CCC2(CCNC2)CC1. The number of aryl methyl sites for hydroxylation is 1. The third-order valence-corrected chi connectivity index (χ3v) is 6.61. The van der Waals surface area contributed by atoms with E-state index in [-0.39, 0.29) is 11.8 Å². The van der Waals surface area contributed by atoms with Gasteiger partial charge in [-0.15, -0.1) is 11.3 Å². The molecule has 0 unspecified atom stereocenters. The predicted octanol–water partition coefficient (Wildman–Crippen LogP) is 3.26. The maximum absolute atomic E-state index is 12.9. The molecule has 1 spiro atoms. The summed E-state index contributed by atoms with van der Waals surface area (Å²) in [4.78, 5) is 27.8. The van der Waals surface area contributed by atoms with Crippen molar-refractivity contribution in [3.63, 3.8) is 0 Å². The van der Waals surface area contributed by atoms with Crippen molar-refractivity contribution < 1.29 is 9.59 Å². The lowest BCUT2D eigenvalue weighted by Crippen LogP contribution is -2.43. The molecule has 25 heavy (non-hydrogen) atoms. The van der Waals surface area contributed by atoms with Crippen LogP contribution in [-0.4, -0.2) is 42.9 Å². The standard InChI is InChI=1S/C19H29N3O2S/c1-13-11-14(21-17(24)18(2,3)4)25-15(13)16(23)22-9-6-19(7-10-22)5-8-20-12-19/h11,20H,5-10,12H2,1-4H3,(H,21,24). The number of likely N-dealkylation sites (tertiary alicyclic amines) is 1. The fourth-order valence-electron chi connectivity index (χ4n) is 3.61. The molecule has 0 saturated carbocycles. The zero-order valence-corrected chi connectivity index (χ0v) is 16.5. The zero-order chi connectivity index (χ0) is 18.2. The molecule has 2 N–H and O–H groups in total. The minimum atomic E-state index is -0.446. The highest BCUT2D eigenvalue weighted by atomic mass is 32.1. The minimum absolute atomic E-state index is 0.0265. The van der Waals surface area contributed by atoms with Crippen LogP contribution >= 0.6 is 11.3 Å². The molecule has 2 saturated heterocycles. The van der Waals surface area contributed by atoms with Crippen molar-refractivity contribution in [3.05, 3.63) is 16.5 Å². The van der Waals surface area contributed by atoms with Crippen LogP contribution in [0.1, 0.15) is 55.3 Å². The number of carbonyl (C=O) groups excluding carboxylic acids is 2. The van der Waals surface area contributed by atoms with Gasteiger partial charge in [0.25, 0.3) is 5.91 Å². The van der Waals surface area contributed by atoms with E-state index in [1.807, 2.05) is 38.7 Å². The third-order valence-electron chi connectivity index (χ3n) is 5.47. The number of carbonyl (C=O) groups is 2. The van der Waals surface area contributed by atoms with E-state index in [4.69, 9.17) is 0 Å². The average Bonchev–Trinajstić information content (AvgIpc) is 3.13. The molecule has 2 fully saturated rings. The first-order valence-electron chi connectivity index (χ1n) is 9.12. The van der Waals surface area contributed by atoms with Gasteiger partial charge < -0.3 is 15.5 Å². The van der Waals surface area contributed by atoms with Crippen LogP contribution in [0.4, 0.5) is 5.00 Å². The number of nitrogens with one attached hydrogen (secondary N) is 2. The second-order valence-corrected chi connectivity index (χ2v) is 9.60. The molecule has 5 nitrogen and oxygen atoms in total. The molecule has 1 aromatic heterocycles. The molecule has 0 atom stereocenters. The van der Waals surface area contributed by atoms with Gasteiger partial charge in [0.1, 0.15) is 0 Å². The van der Waals surface area contributed by atoms with Crippen molar-refractivity contribution >= 4 is 28.2 Å². The lowest BCUT2D eigenvalue weighted by atomic mass is 9.78. The van der Waals surface area contributed by atoms with Gasteiger partial charge in [0.2, 0.25) is 5.91 Å². The highest BCUT2D eigenvalue weighted by Crippen LogP contribution is 2.38. The minimum Gasteiger partial charge on any atom is -0.338 e. The van der Waals surface area contributed by atoms with Crippen molar-refractivity contribution in [2.75, 3.05) is 31.5 Å². The molecule has 0 aromatic carbocycles. The Morgan fingerprint density at radius 3 is 2.48 bits per heavy atom. The fourth-order valence-corrected chi connectivity index (χ4v) is 4.64. The van der Waals surface area contributed by atoms with Crippen LogP contribution in [0.15, 0.2) is 6.07 Å². The second-order valence-electron chi connectivity index (χ2n) is 8.55. The molecular weight excluding hydrogens is 334 g/mol. The Balaban J connectivity index is 1.66. The molecule has 138 valence electrons. The van der Waals surface area contributed by atoms with Gasteiger partial charge >= 0.3 is 0 Å². The number of hydrogen-bond acceptors (Lipinski definition) is 4. The molecule has 1 aromatic rings. The topological polar surface area (TPSA) is 61.4 Å². The number of hydrogen-bond donors (Lipinski definition) is 2. The molecule has 2 amide bonds. The molecule has 0 bridgehead atoms. The van der Waals surface area contributed by atoms with Gasteiger partial charge in [0.15, 0.2) is 0 Å². The number of nitrogens with zero attached hydrogens (tertiary/aromatic N) is 1. The second kappa shape index (κ2) is 6.72. The molecule has 2 aliphatic heterocycles. The van der Waals surface area contributed by atoms with Gasteiger partial charge in [-0.3, -0.25) is 9.59 Å². The first-order chi connectivity index (χ1) is 11.7. The number of rotatable bonds is 2. The van der Waals surface area contributed by atoms with Crippen LogP contribution < -0.4 is 10.6 Å². The lowest BCUT2D eigenvalue weighted by Gasteiger charge is -2.38. The van der Waals surface area contributed by atoms with Crippen molar-refractivity contribution in [2.24, 2.45) is 10.8 Å². The smallest absolute Gasteiger partial charge is 0.264 e. The largest absolute Gasteiger partial charge is 0.338 e. The number of anilines is 1. The summed E-state index contributed by atoms with van der Waals surface area (Å²) in [5.74, 6) is 0.0842. The van der Waals surface area contributed by atoms with Crippen molar-refractivity contribution in [1.82, 2.24) is 10.2 Å². The normalized spacial score (nSPS) is 20.1. The molecule has 2 aliphatic rings. The summed E-state index contributed by atoms with van der Waals surface area (Å²) in [6.45, 7) is 11.5. The summed E-state index contributed by atoms with van der Waals surface area (Å²) in [5, 5.41) is 7.16. The fraction of sp³-hybridized carbons (Fsp3) is 0.684. The van der Waals surface area contributed by atoms with Gasteiger partial charge in [-0.2, -0.15) is 0 Å². The number of amides is 2.